The van der Waals surface area contributed by atoms with Crippen LogP contribution in [0.25, 0.3) is 0 Å². The summed E-state index contributed by atoms with van der Waals surface area (Å²) >= 11 is 0. The van der Waals surface area contributed by atoms with Crippen LogP contribution in [0.3, 0.4) is 0 Å². The molecule has 0 N–H and O–H groups in total. The summed E-state index contributed by atoms with van der Waals surface area (Å²) in [5, 5.41) is 0. The highest BCUT2D eigenvalue weighted by Gasteiger charge is 2.32. The van der Waals surface area contributed by atoms with Gasteiger partial charge in [-0.25, -0.2) is 8.78 Å². The van der Waals surface area contributed by atoms with E-state index in [1.165, 1.54) is 0 Å². The second-order valence-corrected chi connectivity index (χ2v) is 7.81. The summed E-state index contributed by atoms with van der Waals surface area (Å²) in [6.45, 7) is 3.10. The first-order valence-corrected chi connectivity index (χ1v) is 8.91. The summed E-state index contributed by atoms with van der Waals surface area (Å²) in [6, 6.07) is 2.53. The second kappa shape index (κ2) is 6.93. The van der Waals surface area contributed by atoms with E-state index < -0.39 is 46.7 Å². The highest BCUT2D eigenvalue weighted by atomic mass is 32.2. The molecule has 120 valence electrons. The molecule has 6 nitrogen and oxygen atoms in total. The third-order valence-electron chi connectivity index (χ3n) is 2.18. The van der Waals surface area contributed by atoms with Gasteiger partial charge in [-0.1, -0.05) is 6.07 Å². The smallest absolute Gasteiger partial charge is 0.310 e. The van der Waals surface area contributed by atoms with Gasteiger partial charge in [0.15, 0.2) is 11.2 Å². The Morgan fingerprint density at radius 2 is 1.76 bits per heavy atom. The van der Waals surface area contributed by atoms with Gasteiger partial charge in [-0.2, -0.15) is 8.42 Å². The Morgan fingerprint density at radius 1 is 1.24 bits per heavy atom. The van der Waals surface area contributed by atoms with Crippen LogP contribution in [0.4, 0.5) is 8.78 Å². The van der Waals surface area contributed by atoms with E-state index in [4.69, 9.17) is 4.52 Å². The molecule has 1 atom stereocenters. The third kappa shape index (κ3) is 4.82. The van der Waals surface area contributed by atoms with Crippen LogP contribution in [0.5, 0.6) is 0 Å². The Bertz CT molecular complexity index is 626. The molecule has 0 bridgehead atoms. The summed E-state index contributed by atoms with van der Waals surface area (Å²) in [6.07, 6.45) is -1.51. The van der Waals surface area contributed by atoms with E-state index in [1.54, 1.807) is 13.8 Å². The Hall–Kier alpha value is -0.860. The van der Waals surface area contributed by atoms with Crippen LogP contribution in [0, 0.1) is 11.6 Å². The normalized spacial score (nSPS) is 15.1. The van der Waals surface area contributed by atoms with Gasteiger partial charge in [-0.15, -0.1) is 0 Å². The van der Waals surface area contributed by atoms with Crippen LogP contribution in [-0.4, -0.2) is 28.0 Å². The van der Waals surface area contributed by atoms with Gasteiger partial charge in [0.05, 0.1) is 6.10 Å². The summed E-state index contributed by atoms with van der Waals surface area (Å²) in [5.41, 5.74) is 0. The second-order valence-electron chi connectivity index (χ2n) is 4.20. The van der Waals surface area contributed by atoms with E-state index >= 15 is 0 Å². The maximum atomic E-state index is 13.4. The highest BCUT2D eigenvalue weighted by Crippen LogP contribution is 2.49. The van der Waals surface area contributed by atoms with Crippen LogP contribution < -0.4 is 0 Å². The predicted octanol–water partition coefficient (Wildman–Crippen LogP) is 2.89. The van der Waals surface area contributed by atoms with Crippen molar-refractivity contribution in [1.82, 2.24) is 0 Å². The zero-order valence-electron chi connectivity index (χ0n) is 11.6. The number of rotatable bonds is 7. The van der Waals surface area contributed by atoms with Crippen LogP contribution in [0.2, 0.25) is 0 Å². The van der Waals surface area contributed by atoms with Crippen LogP contribution in [0.1, 0.15) is 13.8 Å². The molecule has 0 heterocycles. The maximum absolute atomic E-state index is 13.4. The summed E-state index contributed by atoms with van der Waals surface area (Å²) in [5.74, 6) is -2.63. The van der Waals surface area contributed by atoms with E-state index in [2.05, 4.69) is 8.71 Å². The first-order chi connectivity index (χ1) is 9.61. The minimum absolute atomic E-state index is 0.521. The van der Waals surface area contributed by atoms with E-state index in [0.717, 1.165) is 25.3 Å². The lowest BCUT2D eigenvalue weighted by atomic mass is 10.3. The topological polar surface area (TPSA) is 78.9 Å². The number of hydrogen-bond acceptors (Lipinski definition) is 6. The van der Waals surface area contributed by atoms with Gasteiger partial charge < -0.3 is 9.05 Å². The molecule has 0 amide bonds. The SMILES string of the molecule is COP(=O)(COS(=O)(=O)c1c(F)cccc1F)OC(C)C. The summed E-state index contributed by atoms with van der Waals surface area (Å²) < 4.78 is 76.4. The van der Waals surface area contributed by atoms with Crippen molar-refractivity contribution in [2.24, 2.45) is 0 Å². The first kappa shape index (κ1) is 18.2. The van der Waals surface area contributed by atoms with E-state index in [9.17, 15) is 21.8 Å². The molecule has 0 aliphatic carbocycles. The van der Waals surface area contributed by atoms with Gasteiger partial charge in [-0.3, -0.25) is 8.75 Å². The summed E-state index contributed by atoms with van der Waals surface area (Å²) in [4.78, 5) is -1.25. The lowest BCUT2D eigenvalue weighted by Gasteiger charge is -2.18. The fraction of sp³-hybridized carbons (Fsp3) is 0.455. The molecule has 1 rings (SSSR count). The van der Waals surface area contributed by atoms with Gasteiger partial charge in [0.2, 0.25) is 0 Å². The Balaban J connectivity index is 2.99. The molecule has 1 aromatic carbocycles. The Kier molecular flexibility index (Phi) is 6.01. The van der Waals surface area contributed by atoms with Crippen molar-refractivity contribution < 1.29 is 35.0 Å². The van der Waals surface area contributed by atoms with Gasteiger partial charge in [0, 0.05) is 7.11 Å². The lowest BCUT2D eigenvalue weighted by Crippen LogP contribution is -2.14. The standard InChI is InChI=1S/C11H15F2O6PS/c1-8(2)19-20(14,17-3)7-18-21(15,16)11-9(12)5-4-6-10(11)13/h4-6,8H,7H2,1-3H3. The van der Waals surface area contributed by atoms with Crippen molar-refractivity contribution in [3.05, 3.63) is 29.8 Å². The fourth-order valence-corrected chi connectivity index (χ4v) is 4.06. The van der Waals surface area contributed by atoms with Crippen molar-refractivity contribution in [3.8, 4) is 0 Å². The zero-order valence-corrected chi connectivity index (χ0v) is 13.3. The van der Waals surface area contributed by atoms with Crippen LogP contribution in [-0.2, 0) is 27.9 Å². The monoisotopic (exact) mass is 344 g/mol. The molecule has 0 aliphatic heterocycles. The molecular formula is C11H15F2O6PS. The van der Waals surface area contributed by atoms with E-state index in [-0.39, 0.29) is 0 Å². The number of halogens is 2. The largest absolute Gasteiger partial charge is 0.357 e. The minimum atomic E-state index is -4.78. The predicted molar refractivity (Wildman–Crippen MR) is 70.3 cm³/mol. The van der Waals surface area contributed by atoms with Crippen LogP contribution in [0.15, 0.2) is 23.1 Å². The first-order valence-electron chi connectivity index (χ1n) is 5.78. The summed E-state index contributed by atoms with van der Waals surface area (Å²) in [7, 11) is -7.59. The molecule has 0 spiro atoms. The number of hydrogen-bond donors (Lipinski definition) is 0. The molecule has 0 radical (unpaired) electrons. The third-order valence-corrected chi connectivity index (χ3v) is 5.42. The average Bonchev–Trinajstić information content (AvgIpc) is 2.35. The Labute approximate surface area is 121 Å². The lowest BCUT2D eigenvalue weighted by molar-refractivity contribution is 0.171. The molecule has 10 heteroatoms. The van der Waals surface area contributed by atoms with Gasteiger partial charge in [0.1, 0.15) is 11.6 Å². The quantitative estimate of drug-likeness (QED) is 0.559. The van der Waals surface area contributed by atoms with Crippen molar-refractivity contribution >= 4 is 17.7 Å². The van der Waals surface area contributed by atoms with Crippen molar-refractivity contribution in [2.75, 3.05) is 13.5 Å². The van der Waals surface area contributed by atoms with Gasteiger partial charge in [0.25, 0.3) is 0 Å². The van der Waals surface area contributed by atoms with E-state index in [0.29, 0.717) is 0 Å². The van der Waals surface area contributed by atoms with Crippen molar-refractivity contribution in [2.45, 2.75) is 24.8 Å². The molecule has 1 aromatic rings. The van der Waals surface area contributed by atoms with Crippen molar-refractivity contribution in [1.29, 1.82) is 0 Å². The molecule has 1 unspecified atom stereocenters. The number of benzene rings is 1. The van der Waals surface area contributed by atoms with E-state index in [1.807, 2.05) is 0 Å². The minimum Gasteiger partial charge on any atom is -0.310 e. The zero-order chi connectivity index (χ0) is 16.3. The average molecular weight is 344 g/mol. The molecule has 0 fully saturated rings. The molecule has 0 aromatic heterocycles. The van der Waals surface area contributed by atoms with Crippen LogP contribution >= 0.6 is 7.60 Å². The maximum Gasteiger partial charge on any atom is 0.357 e. The molecule has 0 saturated heterocycles. The van der Waals surface area contributed by atoms with Crippen molar-refractivity contribution in [3.63, 3.8) is 0 Å². The highest BCUT2D eigenvalue weighted by molar-refractivity contribution is 7.87. The molecule has 21 heavy (non-hydrogen) atoms. The van der Waals surface area contributed by atoms with Gasteiger partial charge >= 0.3 is 17.7 Å². The molecule has 0 saturated carbocycles. The molecular weight excluding hydrogens is 329 g/mol. The molecule has 0 aliphatic rings. The van der Waals surface area contributed by atoms with Gasteiger partial charge in [-0.05, 0) is 26.0 Å². The Morgan fingerprint density at radius 3 is 2.19 bits per heavy atom. The fourth-order valence-electron chi connectivity index (χ4n) is 1.36.